The Morgan fingerprint density at radius 3 is 2.15 bits per heavy atom. The number of likely N-dealkylation sites (N-methyl/N-ethyl adjacent to an activating group) is 2. The van der Waals surface area contributed by atoms with Crippen LogP contribution in [0.5, 0.6) is 5.75 Å². The van der Waals surface area contributed by atoms with Gasteiger partial charge in [-0.25, -0.2) is 0 Å². The molecule has 0 unspecified atom stereocenters. The molecule has 0 aliphatic carbocycles. The first kappa shape index (κ1) is 17.0. The number of phenolic OH excluding ortho intramolecular Hbond substituents is 1. The van der Waals surface area contributed by atoms with Crippen molar-refractivity contribution in [3.63, 3.8) is 0 Å². The van der Waals surface area contributed by atoms with Gasteiger partial charge in [-0.15, -0.1) is 0 Å². The number of nitrogens with zero attached hydrogens (tertiary/aromatic N) is 2. The van der Waals surface area contributed by atoms with Gasteiger partial charge in [0.2, 0.25) is 0 Å². The van der Waals surface area contributed by atoms with E-state index in [1.807, 2.05) is 0 Å². The van der Waals surface area contributed by atoms with Gasteiger partial charge in [0.15, 0.2) is 0 Å². The molecule has 0 heterocycles. The van der Waals surface area contributed by atoms with Gasteiger partial charge in [0.25, 0.3) is 0 Å². The third-order valence-electron chi connectivity index (χ3n) is 3.51. The van der Waals surface area contributed by atoms with Gasteiger partial charge in [-0.2, -0.15) is 0 Å². The van der Waals surface area contributed by atoms with Crippen LogP contribution in [0.15, 0.2) is 12.1 Å². The first-order valence-electron chi connectivity index (χ1n) is 7.27. The number of rotatable bonds is 5. The van der Waals surface area contributed by atoms with Gasteiger partial charge in [0, 0.05) is 25.2 Å². The van der Waals surface area contributed by atoms with Crippen LogP contribution in [-0.4, -0.2) is 49.1 Å². The minimum absolute atomic E-state index is 0.0347. The Morgan fingerprint density at radius 2 is 1.65 bits per heavy atom. The molecule has 0 aromatic heterocycles. The monoisotopic (exact) mass is 278 g/mol. The van der Waals surface area contributed by atoms with Gasteiger partial charge in [0.1, 0.15) is 5.75 Å². The molecule has 20 heavy (non-hydrogen) atoms. The smallest absolute Gasteiger partial charge is 0.123 e. The molecule has 1 aromatic carbocycles. The van der Waals surface area contributed by atoms with Crippen molar-refractivity contribution >= 4 is 0 Å². The molecular formula is C17H30N2O. The SMILES string of the molecule is Cc1cc(CN(C)CCN(C)C)c(O)c(C(C)(C)C)c1. The highest BCUT2D eigenvalue weighted by molar-refractivity contribution is 5.46. The van der Waals surface area contributed by atoms with Gasteiger partial charge < -0.3 is 14.9 Å². The number of aryl methyl sites for hydroxylation is 1. The van der Waals surface area contributed by atoms with Crippen LogP contribution in [-0.2, 0) is 12.0 Å². The van der Waals surface area contributed by atoms with Crippen LogP contribution in [0.3, 0.4) is 0 Å². The first-order chi connectivity index (χ1) is 9.11. The van der Waals surface area contributed by atoms with E-state index in [1.165, 1.54) is 5.56 Å². The molecule has 3 nitrogen and oxygen atoms in total. The van der Waals surface area contributed by atoms with Crippen molar-refractivity contribution in [3.8, 4) is 5.75 Å². The normalized spacial score (nSPS) is 12.4. The average Bonchev–Trinajstić information content (AvgIpc) is 2.29. The zero-order chi connectivity index (χ0) is 15.5. The lowest BCUT2D eigenvalue weighted by Crippen LogP contribution is -2.28. The summed E-state index contributed by atoms with van der Waals surface area (Å²) in [6.07, 6.45) is 0. The second-order valence-electron chi connectivity index (χ2n) is 7.11. The summed E-state index contributed by atoms with van der Waals surface area (Å²) < 4.78 is 0. The van der Waals surface area contributed by atoms with E-state index in [0.717, 1.165) is 30.8 Å². The summed E-state index contributed by atoms with van der Waals surface area (Å²) in [5.74, 6) is 0.458. The molecule has 1 N–H and O–H groups in total. The molecule has 0 aliphatic heterocycles. The lowest BCUT2D eigenvalue weighted by atomic mass is 9.84. The van der Waals surface area contributed by atoms with Crippen LogP contribution in [0.4, 0.5) is 0 Å². The highest BCUT2D eigenvalue weighted by Gasteiger charge is 2.21. The van der Waals surface area contributed by atoms with E-state index >= 15 is 0 Å². The standard InChI is InChI=1S/C17H30N2O/c1-13-10-14(12-19(7)9-8-18(5)6)16(20)15(11-13)17(2,3)4/h10-11,20H,8-9,12H2,1-7H3. The molecule has 0 radical (unpaired) electrons. The Morgan fingerprint density at radius 1 is 1.05 bits per heavy atom. The molecule has 114 valence electrons. The summed E-state index contributed by atoms with van der Waals surface area (Å²) in [5, 5.41) is 10.5. The molecule has 0 amide bonds. The predicted octanol–water partition coefficient (Wildman–Crippen LogP) is 2.99. The van der Waals surface area contributed by atoms with Crippen molar-refractivity contribution < 1.29 is 5.11 Å². The van der Waals surface area contributed by atoms with E-state index < -0.39 is 0 Å². The maximum absolute atomic E-state index is 10.5. The number of aromatic hydroxyl groups is 1. The maximum atomic E-state index is 10.5. The lowest BCUT2D eigenvalue weighted by Gasteiger charge is -2.25. The second-order valence-corrected chi connectivity index (χ2v) is 7.11. The fourth-order valence-corrected chi connectivity index (χ4v) is 2.29. The number of hydrogen-bond acceptors (Lipinski definition) is 3. The summed E-state index contributed by atoms with van der Waals surface area (Å²) in [6, 6.07) is 4.19. The van der Waals surface area contributed by atoms with Crippen molar-refractivity contribution in [2.75, 3.05) is 34.2 Å². The van der Waals surface area contributed by atoms with E-state index in [2.05, 4.69) is 70.8 Å². The van der Waals surface area contributed by atoms with Crippen LogP contribution in [0, 0.1) is 6.92 Å². The summed E-state index contributed by atoms with van der Waals surface area (Å²) >= 11 is 0. The molecule has 0 saturated carbocycles. The van der Waals surface area contributed by atoms with Crippen molar-refractivity contribution in [1.29, 1.82) is 0 Å². The summed E-state index contributed by atoms with van der Waals surface area (Å²) in [4.78, 5) is 4.42. The topological polar surface area (TPSA) is 26.7 Å². The zero-order valence-corrected chi connectivity index (χ0v) is 14.1. The van der Waals surface area contributed by atoms with Gasteiger partial charge in [-0.1, -0.05) is 38.5 Å². The fourth-order valence-electron chi connectivity index (χ4n) is 2.29. The van der Waals surface area contributed by atoms with E-state index in [1.54, 1.807) is 0 Å². The van der Waals surface area contributed by atoms with Crippen LogP contribution in [0.2, 0.25) is 0 Å². The third-order valence-corrected chi connectivity index (χ3v) is 3.51. The van der Waals surface area contributed by atoms with Gasteiger partial charge in [-0.05, 0) is 39.0 Å². The van der Waals surface area contributed by atoms with Crippen LogP contribution >= 0.6 is 0 Å². The maximum Gasteiger partial charge on any atom is 0.123 e. The predicted molar refractivity (Wildman–Crippen MR) is 86.4 cm³/mol. The first-order valence-corrected chi connectivity index (χ1v) is 7.27. The van der Waals surface area contributed by atoms with E-state index in [9.17, 15) is 5.11 Å². The Balaban J connectivity index is 2.93. The quantitative estimate of drug-likeness (QED) is 0.897. The van der Waals surface area contributed by atoms with Crippen molar-refractivity contribution in [1.82, 2.24) is 9.80 Å². The molecule has 0 spiro atoms. The van der Waals surface area contributed by atoms with Gasteiger partial charge in [-0.3, -0.25) is 0 Å². The van der Waals surface area contributed by atoms with Crippen molar-refractivity contribution in [2.45, 2.75) is 39.7 Å². The van der Waals surface area contributed by atoms with Crippen molar-refractivity contribution in [3.05, 3.63) is 28.8 Å². The van der Waals surface area contributed by atoms with Gasteiger partial charge >= 0.3 is 0 Å². The molecular weight excluding hydrogens is 248 g/mol. The molecule has 1 aromatic rings. The van der Waals surface area contributed by atoms with Gasteiger partial charge in [0.05, 0.1) is 0 Å². The zero-order valence-electron chi connectivity index (χ0n) is 14.1. The van der Waals surface area contributed by atoms with Crippen LogP contribution in [0.1, 0.15) is 37.5 Å². The fraction of sp³-hybridized carbons (Fsp3) is 0.647. The Hall–Kier alpha value is -1.06. The molecule has 1 rings (SSSR count). The molecule has 0 atom stereocenters. The number of benzene rings is 1. The molecule has 0 fully saturated rings. The summed E-state index contributed by atoms with van der Waals surface area (Å²) in [6.45, 7) is 11.3. The molecule has 3 heteroatoms. The minimum atomic E-state index is -0.0347. The Kier molecular flexibility index (Phi) is 5.60. The molecule has 0 saturated heterocycles. The Bertz CT molecular complexity index is 447. The molecule has 0 bridgehead atoms. The van der Waals surface area contributed by atoms with Crippen LogP contribution < -0.4 is 0 Å². The minimum Gasteiger partial charge on any atom is -0.507 e. The third kappa shape index (κ3) is 4.80. The highest BCUT2D eigenvalue weighted by Crippen LogP contribution is 2.34. The summed E-state index contributed by atoms with van der Waals surface area (Å²) in [5.41, 5.74) is 3.24. The van der Waals surface area contributed by atoms with E-state index in [0.29, 0.717) is 5.75 Å². The number of hydrogen-bond donors (Lipinski definition) is 1. The summed E-state index contributed by atoms with van der Waals surface area (Å²) in [7, 11) is 6.26. The van der Waals surface area contributed by atoms with E-state index in [-0.39, 0.29) is 5.41 Å². The lowest BCUT2D eigenvalue weighted by molar-refractivity contribution is 0.273. The average molecular weight is 278 g/mol. The Labute approximate surface area is 124 Å². The van der Waals surface area contributed by atoms with Crippen molar-refractivity contribution in [2.24, 2.45) is 0 Å². The largest absolute Gasteiger partial charge is 0.507 e. The number of phenols is 1. The van der Waals surface area contributed by atoms with E-state index in [4.69, 9.17) is 0 Å². The van der Waals surface area contributed by atoms with Crippen LogP contribution in [0.25, 0.3) is 0 Å². The molecule has 0 aliphatic rings. The second kappa shape index (κ2) is 6.59. The highest BCUT2D eigenvalue weighted by atomic mass is 16.3.